The normalized spacial score (nSPS) is 12.5. The Bertz CT molecular complexity index is 997. The Morgan fingerprint density at radius 3 is 2.36 bits per heavy atom. The second-order valence-electron chi connectivity index (χ2n) is 5.94. The zero-order valence-electron chi connectivity index (χ0n) is 15.3. The molecule has 0 spiro atoms. The van der Waals surface area contributed by atoms with Crippen molar-refractivity contribution >= 4 is 56.4 Å². The first-order chi connectivity index (χ1) is 13.0. The van der Waals surface area contributed by atoms with Gasteiger partial charge in [-0.05, 0) is 56.7 Å². The fourth-order valence-electron chi connectivity index (χ4n) is 2.32. The molecule has 0 radical (unpaired) electrons. The number of rotatable bonds is 7. The molecule has 0 bridgehead atoms. The average Bonchev–Trinajstić information content (AvgIpc) is 2.61. The van der Waals surface area contributed by atoms with Crippen molar-refractivity contribution in [1.82, 2.24) is 4.72 Å². The van der Waals surface area contributed by atoms with Gasteiger partial charge in [-0.3, -0.25) is 4.79 Å². The van der Waals surface area contributed by atoms with Gasteiger partial charge in [0.05, 0.1) is 38.3 Å². The molecule has 0 aliphatic rings. The quantitative estimate of drug-likeness (QED) is 0.583. The Balaban J connectivity index is 2.14. The standard InChI is InChI=1S/C18H19Cl3N2O4S/c1-4-27-17-6-5-12(7-10(17)2)28(25,26)23-11(3)18(24)22-16-9-14(20)13(19)8-15(16)21/h5-9,11,23H,4H2,1-3H3,(H,22,24)/t11-/m0/s1. The molecule has 10 heteroatoms. The molecule has 0 unspecified atom stereocenters. The molecule has 2 rings (SSSR count). The highest BCUT2D eigenvalue weighted by Crippen LogP contribution is 2.32. The number of halogens is 3. The van der Waals surface area contributed by atoms with Gasteiger partial charge in [-0.2, -0.15) is 4.72 Å². The van der Waals surface area contributed by atoms with Gasteiger partial charge in [-0.15, -0.1) is 0 Å². The molecule has 0 aliphatic carbocycles. The molecule has 0 aromatic heterocycles. The van der Waals surface area contributed by atoms with Crippen molar-refractivity contribution < 1.29 is 17.9 Å². The number of anilines is 1. The molecule has 0 aliphatic heterocycles. The lowest BCUT2D eigenvalue weighted by molar-refractivity contribution is -0.117. The maximum absolute atomic E-state index is 12.6. The maximum Gasteiger partial charge on any atom is 0.242 e. The predicted molar refractivity (Wildman–Crippen MR) is 112 cm³/mol. The molecule has 0 saturated carbocycles. The van der Waals surface area contributed by atoms with Crippen LogP contribution in [0.2, 0.25) is 15.1 Å². The summed E-state index contributed by atoms with van der Waals surface area (Å²) in [6, 6.07) is 6.18. The fraction of sp³-hybridized carbons (Fsp3) is 0.278. The molecule has 152 valence electrons. The topological polar surface area (TPSA) is 84.5 Å². The van der Waals surface area contributed by atoms with Crippen molar-refractivity contribution in [1.29, 1.82) is 0 Å². The summed E-state index contributed by atoms with van der Waals surface area (Å²) < 4.78 is 32.9. The van der Waals surface area contributed by atoms with Crippen molar-refractivity contribution in [2.45, 2.75) is 31.7 Å². The third kappa shape index (κ3) is 5.52. The van der Waals surface area contributed by atoms with Crippen molar-refractivity contribution in [3.8, 4) is 5.75 Å². The van der Waals surface area contributed by atoms with Gasteiger partial charge in [0.25, 0.3) is 0 Å². The van der Waals surface area contributed by atoms with E-state index in [1.165, 1.54) is 31.2 Å². The lowest BCUT2D eigenvalue weighted by Crippen LogP contribution is -2.41. The van der Waals surface area contributed by atoms with Crippen LogP contribution in [0.5, 0.6) is 5.75 Å². The summed E-state index contributed by atoms with van der Waals surface area (Å²) in [6.07, 6.45) is 0. The van der Waals surface area contributed by atoms with E-state index < -0.39 is 22.0 Å². The first kappa shape index (κ1) is 22.8. The number of aryl methyl sites for hydroxylation is 1. The Hall–Kier alpha value is -1.51. The van der Waals surface area contributed by atoms with Crippen LogP contribution in [0.25, 0.3) is 0 Å². The summed E-state index contributed by atoms with van der Waals surface area (Å²) in [5.74, 6) is -0.00646. The molecule has 28 heavy (non-hydrogen) atoms. The SMILES string of the molecule is CCOc1ccc(S(=O)(=O)N[C@@H](C)C(=O)Nc2cc(Cl)c(Cl)cc2Cl)cc1C. The summed E-state index contributed by atoms with van der Waals surface area (Å²) in [7, 11) is -3.92. The number of nitrogens with one attached hydrogen (secondary N) is 2. The summed E-state index contributed by atoms with van der Waals surface area (Å²) in [5, 5.41) is 3.16. The predicted octanol–water partition coefficient (Wildman–Crippen LogP) is 4.66. The van der Waals surface area contributed by atoms with Gasteiger partial charge in [-0.25, -0.2) is 8.42 Å². The van der Waals surface area contributed by atoms with E-state index in [2.05, 4.69) is 10.0 Å². The second kappa shape index (κ2) is 9.33. The van der Waals surface area contributed by atoms with E-state index in [9.17, 15) is 13.2 Å². The van der Waals surface area contributed by atoms with Crippen LogP contribution in [0, 0.1) is 6.92 Å². The molecule has 6 nitrogen and oxygen atoms in total. The molecule has 0 fully saturated rings. The van der Waals surface area contributed by atoms with Crippen LogP contribution in [0.1, 0.15) is 19.4 Å². The van der Waals surface area contributed by atoms with Gasteiger partial charge in [-0.1, -0.05) is 34.8 Å². The van der Waals surface area contributed by atoms with Gasteiger partial charge in [0, 0.05) is 0 Å². The Kier molecular flexibility index (Phi) is 7.59. The number of benzene rings is 2. The minimum atomic E-state index is -3.92. The number of amides is 1. The number of sulfonamides is 1. The van der Waals surface area contributed by atoms with Crippen LogP contribution >= 0.6 is 34.8 Å². The van der Waals surface area contributed by atoms with Crippen molar-refractivity contribution in [2.75, 3.05) is 11.9 Å². The van der Waals surface area contributed by atoms with Crippen LogP contribution in [0.3, 0.4) is 0 Å². The fourth-order valence-corrected chi connectivity index (χ4v) is 4.20. The summed E-state index contributed by atoms with van der Waals surface area (Å²) in [6.45, 7) is 5.47. The third-order valence-corrected chi connectivity index (χ3v) is 6.32. The molecular formula is C18H19Cl3N2O4S. The highest BCUT2D eigenvalue weighted by molar-refractivity contribution is 7.89. The molecule has 1 atom stereocenters. The summed E-state index contributed by atoms with van der Waals surface area (Å²) >= 11 is 17.8. The highest BCUT2D eigenvalue weighted by atomic mass is 35.5. The van der Waals surface area contributed by atoms with Crippen molar-refractivity contribution in [3.63, 3.8) is 0 Å². The largest absolute Gasteiger partial charge is 0.494 e. The average molecular weight is 466 g/mol. The van der Waals surface area contributed by atoms with E-state index in [1.54, 1.807) is 13.0 Å². The maximum atomic E-state index is 12.6. The molecule has 0 heterocycles. The molecule has 2 aromatic carbocycles. The first-order valence-corrected chi connectivity index (χ1v) is 10.9. The number of hydrogen-bond acceptors (Lipinski definition) is 4. The Labute approximate surface area is 179 Å². The van der Waals surface area contributed by atoms with Gasteiger partial charge in [0.1, 0.15) is 5.75 Å². The molecule has 0 saturated heterocycles. The second-order valence-corrected chi connectivity index (χ2v) is 8.87. The summed E-state index contributed by atoms with van der Waals surface area (Å²) in [4.78, 5) is 12.4. The summed E-state index contributed by atoms with van der Waals surface area (Å²) in [5.41, 5.74) is 0.897. The van der Waals surface area contributed by atoms with E-state index in [0.717, 1.165) is 0 Å². The van der Waals surface area contributed by atoms with E-state index in [0.29, 0.717) is 17.9 Å². The van der Waals surface area contributed by atoms with Gasteiger partial charge in [0.2, 0.25) is 15.9 Å². The minimum Gasteiger partial charge on any atom is -0.494 e. The lowest BCUT2D eigenvalue weighted by atomic mass is 10.2. The smallest absolute Gasteiger partial charge is 0.242 e. The van der Waals surface area contributed by atoms with E-state index in [4.69, 9.17) is 39.5 Å². The number of carbonyl (C=O) groups is 1. The molecule has 1 amide bonds. The Morgan fingerprint density at radius 1 is 1.11 bits per heavy atom. The Morgan fingerprint density at radius 2 is 1.75 bits per heavy atom. The number of hydrogen-bond donors (Lipinski definition) is 2. The van der Waals surface area contributed by atoms with Gasteiger partial charge < -0.3 is 10.1 Å². The van der Waals surface area contributed by atoms with Crippen molar-refractivity contribution in [3.05, 3.63) is 51.0 Å². The van der Waals surface area contributed by atoms with Gasteiger partial charge >= 0.3 is 0 Å². The van der Waals surface area contributed by atoms with Crippen LogP contribution in [-0.4, -0.2) is 27.0 Å². The van der Waals surface area contributed by atoms with Gasteiger partial charge in [0.15, 0.2) is 0 Å². The number of carbonyl (C=O) groups excluding carboxylic acids is 1. The van der Waals surface area contributed by atoms with E-state index in [-0.39, 0.29) is 25.7 Å². The zero-order valence-corrected chi connectivity index (χ0v) is 18.4. The monoisotopic (exact) mass is 464 g/mol. The molecular weight excluding hydrogens is 447 g/mol. The van der Waals surface area contributed by atoms with Crippen LogP contribution in [0.15, 0.2) is 35.2 Å². The third-order valence-electron chi connectivity index (χ3n) is 3.75. The number of ether oxygens (including phenoxy) is 1. The minimum absolute atomic E-state index is 0.0284. The highest BCUT2D eigenvalue weighted by Gasteiger charge is 2.23. The molecule has 2 N–H and O–H groups in total. The lowest BCUT2D eigenvalue weighted by Gasteiger charge is -2.16. The van der Waals surface area contributed by atoms with Crippen LogP contribution in [-0.2, 0) is 14.8 Å². The zero-order chi connectivity index (χ0) is 21.1. The van der Waals surface area contributed by atoms with Crippen LogP contribution < -0.4 is 14.8 Å². The van der Waals surface area contributed by atoms with E-state index >= 15 is 0 Å². The van der Waals surface area contributed by atoms with E-state index in [1.807, 2.05) is 6.92 Å². The van der Waals surface area contributed by atoms with Crippen molar-refractivity contribution in [2.24, 2.45) is 0 Å². The molecule has 2 aromatic rings. The van der Waals surface area contributed by atoms with Crippen LogP contribution in [0.4, 0.5) is 5.69 Å². The first-order valence-electron chi connectivity index (χ1n) is 8.26.